The van der Waals surface area contributed by atoms with Crippen molar-refractivity contribution in [3.8, 4) is 0 Å². The van der Waals surface area contributed by atoms with Crippen molar-refractivity contribution in [3.05, 3.63) is 60.4 Å². The Kier molecular flexibility index (Phi) is 5.46. The highest BCUT2D eigenvalue weighted by molar-refractivity contribution is 8.16. The number of aryl methyl sites for hydroxylation is 1. The second-order valence-corrected chi connectivity index (χ2v) is 13.2. The van der Waals surface area contributed by atoms with Gasteiger partial charge >= 0.3 is 0 Å². The molecule has 4 aromatic rings. The minimum atomic E-state index is -4.34. The van der Waals surface area contributed by atoms with Crippen LogP contribution in [-0.2, 0) is 16.5 Å². The van der Waals surface area contributed by atoms with E-state index in [2.05, 4.69) is 25.1 Å². The van der Waals surface area contributed by atoms with Crippen LogP contribution in [0.5, 0.6) is 0 Å². The van der Waals surface area contributed by atoms with Gasteiger partial charge in [-0.05, 0) is 32.0 Å². The monoisotopic (exact) mass is 497 g/mol. The van der Waals surface area contributed by atoms with Crippen LogP contribution in [-0.4, -0.2) is 65.6 Å². The zero-order chi connectivity index (χ0) is 25.0. The third-order valence-electron chi connectivity index (χ3n) is 6.46. The van der Waals surface area contributed by atoms with Crippen LogP contribution in [0.3, 0.4) is 0 Å². The number of carbonyl (C=O) groups is 1. The van der Waals surface area contributed by atoms with Gasteiger partial charge in [0.15, 0.2) is 5.82 Å². The van der Waals surface area contributed by atoms with E-state index in [1.54, 1.807) is 48.0 Å². The van der Waals surface area contributed by atoms with Crippen molar-refractivity contribution in [1.82, 2.24) is 34.1 Å². The fourth-order valence-corrected chi connectivity index (χ4v) is 7.89. The molecule has 5 rings (SSSR count). The number of piperazine rings is 1. The van der Waals surface area contributed by atoms with Crippen LogP contribution in [0.25, 0.3) is 21.8 Å². The van der Waals surface area contributed by atoms with E-state index in [1.807, 2.05) is 13.8 Å². The minimum absolute atomic E-state index is 0.0114. The molecule has 2 aromatic carbocycles. The summed E-state index contributed by atoms with van der Waals surface area (Å²) in [6.45, 7) is 4.78. The maximum Gasteiger partial charge on any atom is 0.264 e. The number of halogens is 1. The molecule has 1 aliphatic heterocycles. The van der Waals surface area contributed by atoms with Gasteiger partial charge in [0.05, 0.1) is 16.0 Å². The summed E-state index contributed by atoms with van der Waals surface area (Å²) in [5.74, 6) is -1.15. The van der Waals surface area contributed by atoms with Crippen molar-refractivity contribution in [2.24, 2.45) is 7.05 Å². The van der Waals surface area contributed by atoms with E-state index in [0.717, 1.165) is 0 Å². The molecule has 1 amide bonds. The molecule has 9 nitrogen and oxygen atoms in total. The Balaban J connectivity index is 1.68. The molecule has 1 aliphatic rings. The summed E-state index contributed by atoms with van der Waals surface area (Å²) in [6.07, 6.45) is 6.16. The Morgan fingerprint density at radius 1 is 1.17 bits per heavy atom. The van der Waals surface area contributed by atoms with E-state index in [9.17, 15) is 4.79 Å². The van der Waals surface area contributed by atoms with E-state index in [0.29, 0.717) is 29.4 Å². The number of rotatable bonds is 4. The number of nitrogens with zero attached hydrogens (tertiary/aromatic N) is 5. The van der Waals surface area contributed by atoms with Crippen LogP contribution in [0, 0.1) is 5.82 Å². The third-order valence-corrected chi connectivity index (χ3v) is 10.0. The van der Waals surface area contributed by atoms with Gasteiger partial charge < -0.3 is 5.32 Å². The van der Waals surface area contributed by atoms with Gasteiger partial charge in [-0.3, -0.25) is 14.2 Å². The quantitative estimate of drug-likeness (QED) is 0.449. The minimum Gasteiger partial charge on any atom is -0.309 e. The van der Waals surface area contributed by atoms with Gasteiger partial charge in [-0.25, -0.2) is 22.9 Å². The highest BCUT2D eigenvalue weighted by Gasteiger charge is 2.45. The van der Waals surface area contributed by atoms with Crippen LogP contribution >= 0.6 is 0 Å². The van der Waals surface area contributed by atoms with E-state index in [4.69, 9.17) is 0 Å². The average Bonchev–Trinajstić information content (AvgIpc) is 3.19. The Morgan fingerprint density at radius 2 is 1.91 bits per heavy atom. The Morgan fingerprint density at radius 3 is 2.66 bits per heavy atom. The summed E-state index contributed by atoms with van der Waals surface area (Å²) in [5, 5.41) is 8.78. The predicted molar refractivity (Wildman–Crippen MR) is 134 cm³/mol. The van der Waals surface area contributed by atoms with Crippen LogP contribution in [0.4, 0.5) is 4.39 Å². The van der Waals surface area contributed by atoms with Crippen LogP contribution in [0.2, 0.25) is 0 Å². The molecule has 2 N–H and O–H groups in total. The summed E-state index contributed by atoms with van der Waals surface area (Å²) < 4.78 is 36.6. The number of hydrogen-bond donors (Lipinski definition) is 2. The van der Waals surface area contributed by atoms with Crippen LogP contribution in [0.15, 0.2) is 53.9 Å². The number of aromatic nitrogens is 4. The Labute approximate surface area is 202 Å². The van der Waals surface area contributed by atoms with Crippen molar-refractivity contribution in [2.45, 2.75) is 30.8 Å². The number of carbonyl (C=O) groups excluding carboxylic acids is 1. The van der Waals surface area contributed by atoms with Crippen LogP contribution in [0.1, 0.15) is 24.2 Å². The van der Waals surface area contributed by atoms with Gasteiger partial charge in [-0.2, -0.15) is 5.10 Å². The number of benzene rings is 2. The molecule has 2 aromatic heterocycles. The molecule has 1 saturated heterocycles. The Bertz CT molecular complexity index is 1520. The Hall–Kier alpha value is -3.28. The van der Waals surface area contributed by atoms with Crippen molar-refractivity contribution < 1.29 is 13.4 Å². The first-order chi connectivity index (χ1) is 16.5. The summed E-state index contributed by atoms with van der Waals surface area (Å²) >= 11 is 0. The standard InChI is InChI=1S/C24H28FN7O2S/c1-15-11-32(12-16(2)28-15)35(4,34,19-8-18-13-31(3)29-23(18)21(25)9-19)30-24(33)20-7-5-6-17-10-26-14-27-22(17)20/h5-10,13-16,28H,11-12H2,1-4H3,(H,30,33,34)/t15-,16+. The molecule has 184 valence electrons. The SMILES string of the molecule is C[C@@H]1CN(S(C)(=O)(NC(=O)c2cccc3cncnc23)c2cc(F)c3nn(C)cc3c2)C[C@H](C)N1. The fourth-order valence-electron chi connectivity index (χ4n) is 4.84. The first-order valence-electron chi connectivity index (χ1n) is 11.3. The summed E-state index contributed by atoms with van der Waals surface area (Å²) in [5.41, 5.74) is 0.903. The molecule has 35 heavy (non-hydrogen) atoms. The van der Waals surface area contributed by atoms with Gasteiger partial charge in [0.25, 0.3) is 5.91 Å². The van der Waals surface area contributed by atoms with Gasteiger partial charge in [-0.1, -0.05) is 12.1 Å². The molecule has 11 heteroatoms. The first-order valence-corrected chi connectivity index (χ1v) is 13.7. The average molecular weight is 498 g/mol. The number of hydrogen-bond acceptors (Lipinski definition) is 6. The van der Waals surface area contributed by atoms with Gasteiger partial charge in [0.1, 0.15) is 11.8 Å². The van der Waals surface area contributed by atoms with E-state index < -0.39 is 21.2 Å². The molecule has 0 radical (unpaired) electrons. The normalized spacial score (nSPS) is 20.5. The topological polar surface area (TPSA) is 105 Å². The number of amides is 1. The summed E-state index contributed by atoms with van der Waals surface area (Å²) in [4.78, 5) is 22.2. The van der Waals surface area contributed by atoms with Crippen LogP contribution < -0.4 is 10.0 Å². The summed E-state index contributed by atoms with van der Waals surface area (Å²) in [7, 11) is -2.64. The lowest BCUT2D eigenvalue weighted by atomic mass is 10.1. The molecule has 0 spiro atoms. The van der Waals surface area contributed by atoms with Crippen molar-refractivity contribution in [2.75, 3.05) is 19.3 Å². The molecule has 1 fully saturated rings. The number of nitrogens with one attached hydrogen (secondary N) is 2. The zero-order valence-corrected chi connectivity index (χ0v) is 20.8. The van der Waals surface area contributed by atoms with E-state index in [1.165, 1.54) is 23.3 Å². The molecule has 3 heterocycles. The van der Waals surface area contributed by atoms with Gasteiger partial charge in [-0.15, -0.1) is 0 Å². The maximum absolute atomic E-state index is 15.3. The zero-order valence-electron chi connectivity index (χ0n) is 20.0. The molecule has 2 atom stereocenters. The molecular weight excluding hydrogens is 469 g/mol. The first kappa shape index (κ1) is 23.5. The van der Waals surface area contributed by atoms with E-state index >= 15 is 8.60 Å². The van der Waals surface area contributed by atoms with Crippen molar-refractivity contribution in [1.29, 1.82) is 0 Å². The lowest BCUT2D eigenvalue weighted by Gasteiger charge is -2.52. The second kappa shape index (κ2) is 8.14. The third kappa shape index (κ3) is 3.99. The number of para-hydroxylation sites is 1. The van der Waals surface area contributed by atoms with Crippen molar-refractivity contribution in [3.63, 3.8) is 0 Å². The highest BCUT2D eigenvalue weighted by Crippen LogP contribution is 2.38. The van der Waals surface area contributed by atoms with E-state index in [-0.39, 0.29) is 28.1 Å². The van der Waals surface area contributed by atoms with Crippen molar-refractivity contribution >= 4 is 37.2 Å². The molecule has 0 saturated carbocycles. The molecule has 0 aliphatic carbocycles. The fraction of sp³-hybridized carbons (Fsp3) is 0.333. The largest absolute Gasteiger partial charge is 0.309 e. The smallest absolute Gasteiger partial charge is 0.264 e. The predicted octanol–water partition coefficient (Wildman–Crippen LogP) is 2.41. The molecule has 0 bridgehead atoms. The number of fused-ring (bicyclic) bond motifs is 2. The summed E-state index contributed by atoms with van der Waals surface area (Å²) in [6, 6.07) is 8.07. The lowest BCUT2D eigenvalue weighted by Crippen LogP contribution is -2.68. The van der Waals surface area contributed by atoms with Gasteiger partial charge in [0, 0.05) is 71.1 Å². The lowest BCUT2D eigenvalue weighted by molar-refractivity contribution is 0.0978. The second-order valence-electron chi connectivity index (χ2n) is 9.44. The highest BCUT2D eigenvalue weighted by atomic mass is 32.3. The maximum atomic E-state index is 15.3. The molecule has 0 unspecified atom stereocenters. The van der Waals surface area contributed by atoms with Gasteiger partial charge in [0.2, 0.25) is 0 Å². The molecular formula is C24H28FN7O2S.